The number of carbonyl (C=O) groups excluding carboxylic acids is 1. The van der Waals surface area contributed by atoms with Crippen molar-refractivity contribution in [3.63, 3.8) is 0 Å². The lowest BCUT2D eigenvalue weighted by Gasteiger charge is -2.14. The zero-order valence-electron chi connectivity index (χ0n) is 12.2. The van der Waals surface area contributed by atoms with Gasteiger partial charge in [0, 0.05) is 10.0 Å². The van der Waals surface area contributed by atoms with Crippen LogP contribution in [0.5, 0.6) is 0 Å². The molecule has 1 aromatic heterocycles. The maximum Gasteiger partial charge on any atom is 0.311 e. The van der Waals surface area contributed by atoms with Crippen molar-refractivity contribution in [2.75, 3.05) is 0 Å². The number of rotatable bonds is 5. The number of nitrogens with one attached hydrogen (secondary N) is 1. The van der Waals surface area contributed by atoms with Gasteiger partial charge in [-0.15, -0.1) is 0 Å². The van der Waals surface area contributed by atoms with Gasteiger partial charge in [0.15, 0.2) is 0 Å². The van der Waals surface area contributed by atoms with E-state index in [9.17, 15) is 9.59 Å². The summed E-state index contributed by atoms with van der Waals surface area (Å²) in [6.07, 6.45) is 1.08. The SMILES string of the molecule is Cc1coc(CC(=O)O)c1C(=O)NC(C)c1ccc(Br)cc1. The summed E-state index contributed by atoms with van der Waals surface area (Å²) in [5, 5.41) is 11.7. The summed E-state index contributed by atoms with van der Waals surface area (Å²) in [6, 6.07) is 7.42. The second kappa shape index (κ2) is 6.79. The van der Waals surface area contributed by atoms with E-state index < -0.39 is 5.97 Å². The minimum absolute atomic E-state index is 0.172. The third-order valence-electron chi connectivity index (χ3n) is 3.31. The smallest absolute Gasteiger partial charge is 0.311 e. The molecule has 0 radical (unpaired) electrons. The van der Waals surface area contributed by atoms with Crippen LogP contribution in [0.1, 0.15) is 40.2 Å². The largest absolute Gasteiger partial charge is 0.481 e. The Bertz CT molecular complexity index is 691. The summed E-state index contributed by atoms with van der Waals surface area (Å²) >= 11 is 3.36. The van der Waals surface area contributed by atoms with Gasteiger partial charge in [-0.1, -0.05) is 28.1 Å². The molecule has 2 rings (SSSR count). The molecule has 22 heavy (non-hydrogen) atoms. The molecule has 0 bridgehead atoms. The molecule has 0 aliphatic rings. The quantitative estimate of drug-likeness (QED) is 0.849. The number of benzene rings is 1. The van der Waals surface area contributed by atoms with Gasteiger partial charge in [-0.2, -0.15) is 0 Å². The van der Waals surface area contributed by atoms with Crippen LogP contribution in [-0.2, 0) is 11.2 Å². The number of halogens is 1. The van der Waals surface area contributed by atoms with Crippen LogP contribution in [0, 0.1) is 6.92 Å². The fraction of sp³-hybridized carbons (Fsp3) is 0.250. The predicted octanol–water partition coefficient (Wildman–Crippen LogP) is 3.47. The number of hydrogen-bond donors (Lipinski definition) is 2. The fourth-order valence-electron chi connectivity index (χ4n) is 2.17. The van der Waals surface area contributed by atoms with Gasteiger partial charge in [0.1, 0.15) is 12.2 Å². The normalized spacial score (nSPS) is 12.0. The van der Waals surface area contributed by atoms with Crippen molar-refractivity contribution in [2.24, 2.45) is 0 Å². The summed E-state index contributed by atoms with van der Waals surface area (Å²) in [4.78, 5) is 23.2. The average Bonchev–Trinajstić information content (AvgIpc) is 2.79. The summed E-state index contributed by atoms with van der Waals surface area (Å²) < 4.78 is 6.14. The van der Waals surface area contributed by atoms with Crippen LogP contribution in [0.15, 0.2) is 39.4 Å². The Morgan fingerprint density at radius 3 is 2.55 bits per heavy atom. The molecule has 0 spiro atoms. The van der Waals surface area contributed by atoms with Gasteiger partial charge < -0.3 is 14.8 Å². The molecule has 2 N–H and O–H groups in total. The number of amides is 1. The van der Waals surface area contributed by atoms with E-state index in [0.717, 1.165) is 10.0 Å². The van der Waals surface area contributed by atoms with E-state index in [-0.39, 0.29) is 24.1 Å². The van der Waals surface area contributed by atoms with Gasteiger partial charge in [0.25, 0.3) is 5.91 Å². The highest BCUT2D eigenvalue weighted by Gasteiger charge is 2.22. The standard InChI is InChI=1S/C16H16BrNO4/c1-9-8-22-13(7-14(19)20)15(9)16(21)18-10(2)11-3-5-12(17)6-4-11/h3-6,8,10H,7H2,1-2H3,(H,18,21)(H,19,20). The predicted molar refractivity (Wildman–Crippen MR) is 84.8 cm³/mol. The highest BCUT2D eigenvalue weighted by molar-refractivity contribution is 9.10. The molecule has 0 aliphatic heterocycles. The van der Waals surface area contributed by atoms with Crippen molar-refractivity contribution < 1.29 is 19.1 Å². The molecule has 6 heteroatoms. The maximum atomic E-state index is 12.4. The number of hydrogen-bond acceptors (Lipinski definition) is 3. The lowest BCUT2D eigenvalue weighted by molar-refractivity contribution is -0.136. The highest BCUT2D eigenvalue weighted by atomic mass is 79.9. The molecule has 1 unspecified atom stereocenters. The molecule has 116 valence electrons. The lowest BCUT2D eigenvalue weighted by Crippen LogP contribution is -2.27. The van der Waals surface area contributed by atoms with Crippen LogP contribution in [0.3, 0.4) is 0 Å². The van der Waals surface area contributed by atoms with E-state index in [4.69, 9.17) is 9.52 Å². The van der Waals surface area contributed by atoms with Gasteiger partial charge >= 0.3 is 5.97 Å². The molecule has 0 saturated heterocycles. The Kier molecular flexibility index (Phi) is 5.03. The van der Waals surface area contributed by atoms with Gasteiger partial charge in [0.05, 0.1) is 17.9 Å². The van der Waals surface area contributed by atoms with Crippen LogP contribution < -0.4 is 5.32 Å². The van der Waals surface area contributed by atoms with Crippen LogP contribution in [0.4, 0.5) is 0 Å². The van der Waals surface area contributed by atoms with Gasteiger partial charge in [0.2, 0.25) is 0 Å². The Morgan fingerprint density at radius 2 is 1.95 bits per heavy atom. The Hall–Kier alpha value is -2.08. The number of carboxylic acids is 1. The van der Waals surface area contributed by atoms with Crippen molar-refractivity contribution >= 4 is 27.8 Å². The van der Waals surface area contributed by atoms with E-state index in [1.165, 1.54) is 6.26 Å². The minimum Gasteiger partial charge on any atom is -0.481 e. The molecule has 0 saturated carbocycles. The summed E-state index contributed by atoms with van der Waals surface area (Å²) in [6.45, 7) is 3.58. The second-order valence-electron chi connectivity index (χ2n) is 5.03. The third-order valence-corrected chi connectivity index (χ3v) is 3.84. The summed E-state index contributed by atoms with van der Waals surface area (Å²) in [7, 11) is 0. The zero-order valence-corrected chi connectivity index (χ0v) is 13.8. The Balaban J connectivity index is 2.16. The van der Waals surface area contributed by atoms with Gasteiger partial charge in [-0.25, -0.2) is 0 Å². The summed E-state index contributed by atoms with van der Waals surface area (Å²) in [5.41, 5.74) is 1.88. The molecule has 5 nitrogen and oxygen atoms in total. The van der Waals surface area contributed by atoms with Crippen LogP contribution in [0.2, 0.25) is 0 Å². The van der Waals surface area contributed by atoms with Crippen molar-refractivity contribution in [2.45, 2.75) is 26.3 Å². The number of carbonyl (C=O) groups is 2. The maximum absolute atomic E-state index is 12.4. The van der Waals surface area contributed by atoms with Gasteiger partial charge in [-0.05, 0) is 31.5 Å². The first kappa shape index (κ1) is 16.3. The van der Waals surface area contributed by atoms with E-state index in [0.29, 0.717) is 11.1 Å². The van der Waals surface area contributed by atoms with Crippen LogP contribution in [-0.4, -0.2) is 17.0 Å². The summed E-state index contributed by atoms with van der Waals surface area (Å²) in [5.74, 6) is -1.20. The first-order valence-electron chi connectivity index (χ1n) is 6.73. The monoisotopic (exact) mass is 365 g/mol. The first-order valence-corrected chi connectivity index (χ1v) is 7.53. The van der Waals surface area contributed by atoms with Crippen LogP contribution in [0.25, 0.3) is 0 Å². The second-order valence-corrected chi connectivity index (χ2v) is 5.95. The molecule has 1 heterocycles. The van der Waals surface area contributed by atoms with Crippen molar-refractivity contribution in [1.29, 1.82) is 0 Å². The highest BCUT2D eigenvalue weighted by Crippen LogP contribution is 2.20. The van der Waals surface area contributed by atoms with E-state index in [1.807, 2.05) is 31.2 Å². The van der Waals surface area contributed by atoms with Crippen molar-refractivity contribution in [3.8, 4) is 0 Å². The number of aliphatic carboxylic acids is 1. The number of furan rings is 1. The molecule has 0 aliphatic carbocycles. The van der Waals surface area contributed by atoms with Crippen LogP contribution >= 0.6 is 15.9 Å². The molecular formula is C16H16BrNO4. The molecule has 2 aromatic rings. The average molecular weight is 366 g/mol. The van der Waals surface area contributed by atoms with Crippen molar-refractivity contribution in [3.05, 3.63) is 57.5 Å². The molecule has 1 amide bonds. The Labute approximate surface area is 136 Å². The van der Waals surface area contributed by atoms with Gasteiger partial charge in [-0.3, -0.25) is 9.59 Å². The molecule has 1 aromatic carbocycles. The van der Waals surface area contributed by atoms with E-state index in [2.05, 4.69) is 21.2 Å². The topological polar surface area (TPSA) is 79.5 Å². The third kappa shape index (κ3) is 3.76. The lowest BCUT2D eigenvalue weighted by atomic mass is 10.1. The van der Waals surface area contributed by atoms with E-state index in [1.54, 1.807) is 6.92 Å². The van der Waals surface area contributed by atoms with E-state index >= 15 is 0 Å². The zero-order chi connectivity index (χ0) is 16.3. The molecular weight excluding hydrogens is 350 g/mol. The molecule has 0 fully saturated rings. The Morgan fingerprint density at radius 1 is 1.32 bits per heavy atom. The fourth-order valence-corrected chi connectivity index (χ4v) is 2.44. The number of carboxylic acid groups (broad SMARTS) is 1. The van der Waals surface area contributed by atoms with Crippen molar-refractivity contribution in [1.82, 2.24) is 5.32 Å². The minimum atomic E-state index is -1.04. The number of aryl methyl sites for hydroxylation is 1. The molecule has 1 atom stereocenters. The first-order chi connectivity index (χ1) is 10.4.